The van der Waals surface area contributed by atoms with Crippen molar-refractivity contribution in [1.29, 1.82) is 0 Å². The third-order valence-corrected chi connectivity index (χ3v) is 4.52. The Morgan fingerprint density at radius 2 is 1.66 bits per heavy atom. The fraction of sp³-hybridized carbons (Fsp3) is 0.400. The van der Waals surface area contributed by atoms with Gasteiger partial charge < -0.3 is 20.3 Å². The van der Waals surface area contributed by atoms with Gasteiger partial charge >= 0.3 is 12.3 Å². The first-order valence-corrected chi connectivity index (χ1v) is 11.2. The van der Waals surface area contributed by atoms with Crippen LogP contribution in [0.2, 0.25) is 0 Å². The molecule has 0 saturated heterocycles. The Hall–Kier alpha value is -3.56. The number of aliphatic imine (C=N–C) groups is 1. The predicted octanol–water partition coefficient (Wildman–Crippen LogP) is 5.55. The largest absolute Gasteiger partial charge is 0.444 e. The number of nitrogens with zero attached hydrogens (tertiary/aromatic N) is 2. The molecule has 2 rings (SSSR count). The topological polar surface area (TPSA) is 83.0 Å². The van der Waals surface area contributed by atoms with Gasteiger partial charge in [0.1, 0.15) is 11.8 Å². The van der Waals surface area contributed by atoms with Crippen molar-refractivity contribution < 1.29 is 27.5 Å². The Labute approximate surface area is 203 Å². The molecule has 0 radical (unpaired) electrons. The van der Waals surface area contributed by atoms with Gasteiger partial charge in [0.25, 0.3) is 5.91 Å². The molecule has 0 fully saturated rings. The zero-order valence-corrected chi connectivity index (χ0v) is 20.3. The maximum Gasteiger partial charge on any atom is 0.426 e. The van der Waals surface area contributed by atoms with E-state index in [4.69, 9.17) is 4.74 Å². The summed E-state index contributed by atoms with van der Waals surface area (Å²) in [6.07, 6.45) is -5.16. The highest BCUT2D eigenvalue weighted by atomic mass is 19.4. The van der Waals surface area contributed by atoms with Gasteiger partial charge in [0.15, 0.2) is 0 Å². The zero-order valence-electron chi connectivity index (χ0n) is 20.3. The lowest BCUT2D eigenvalue weighted by Crippen LogP contribution is -2.40. The number of benzene rings is 2. The average molecular weight is 493 g/mol. The molecule has 2 aromatic carbocycles. The molecule has 2 amide bonds. The Morgan fingerprint density at radius 3 is 2.20 bits per heavy atom. The molecule has 0 aliphatic carbocycles. The van der Waals surface area contributed by atoms with E-state index < -0.39 is 17.9 Å². The van der Waals surface area contributed by atoms with E-state index in [2.05, 4.69) is 15.6 Å². The molecule has 0 aliphatic rings. The van der Waals surface area contributed by atoms with Gasteiger partial charge in [0, 0.05) is 37.4 Å². The molecule has 0 atom stereocenters. The van der Waals surface area contributed by atoms with Crippen LogP contribution in [-0.4, -0.2) is 54.5 Å². The fourth-order valence-corrected chi connectivity index (χ4v) is 3.03. The molecular weight excluding hydrogens is 461 g/mol. The van der Waals surface area contributed by atoms with Crippen molar-refractivity contribution in [2.45, 2.75) is 46.0 Å². The van der Waals surface area contributed by atoms with Crippen molar-refractivity contribution in [1.82, 2.24) is 10.2 Å². The molecular formula is C25H31F3N4O3. The molecule has 0 heterocycles. The maximum atomic E-state index is 13.2. The predicted molar refractivity (Wildman–Crippen MR) is 130 cm³/mol. The van der Waals surface area contributed by atoms with Gasteiger partial charge in [-0.25, -0.2) is 4.79 Å². The van der Waals surface area contributed by atoms with E-state index in [0.29, 0.717) is 11.1 Å². The third kappa shape index (κ3) is 10.5. The first kappa shape index (κ1) is 27.7. The van der Waals surface area contributed by atoms with Crippen LogP contribution in [-0.2, 0) is 11.3 Å². The molecule has 2 N–H and O–H groups in total. The summed E-state index contributed by atoms with van der Waals surface area (Å²) in [5.74, 6) is -0.252. The van der Waals surface area contributed by atoms with Crippen LogP contribution < -0.4 is 10.6 Å². The second-order valence-corrected chi connectivity index (χ2v) is 8.73. The molecule has 35 heavy (non-hydrogen) atoms. The summed E-state index contributed by atoms with van der Waals surface area (Å²) in [7, 11) is 0. The van der Waals surface area contributed by atoms with E-state index in [1.54, 1.807) is 62.1 Å². The third-order valence-electron chi connectivity index (χ3n) is 4.52. The Kier molecular flexibility index (Phi) is 9.68. The number of alkyl carbamates (subject to hydrolysis) is 1. The van der Waals surface area contributed by atoms with Crippen LogP contribution >= 0.6 is 0 Å². The number of nitrogens with one attached hydrogen (secondary N) is 2. The van der Waals surface area contributed by atoms with Gasteiger partial charge in [-0.2, -0.15) is 13.2 Å². The van der Waals surface area contributed by atoms with Gasteiger partial charge in [-0.1, -0.05) is 12.1 Å². The van der Waals surface area contributed by atoms with Crippen molar-refractivity contribution in [3.05, 3.63) is 59.7 Å². The first-order chi connectivity index (χ1) is 16.4. The highest BCUT2D eigenvalue weighted by Crippen LogP contribution is 2.19. The van der Waals surface area contributed by atoms with Crippen molar-refractivity contribution >= 4 is 29.6 Å². The summed E-state index contributed by atoms with van der Waals surface area (Å²) in [5, 5.41) is 5.80. The molecule has 0 saturated carbocycles. The van der Waals surface area contributed by atoms with E-state index >= 15 is 0 Å². The SMILES string of the molecule is CCNc1ccc(C(=O)N(CCNC(=O)OC(C)(C)C)Cc2ccc(N=CC(F)(F)F)cc2)cc1. The molecule has 7 nitrogen and oxygen atoms in total. The number of ether oxygens (including phenoxy) is 1. The highest BCUT2D eigenvalue weighted by Gasteiger charge is 2.23. The quantitative estimate of drug-likeness (QED) is 0.450. The van der Waals surface area contributed by atoms with Crippen molar-refractivity contribution in [3.63, 3.8) is 0 Å². The molecule has 190 valence electrons. The second-order valence-electron chi connectivity index (χ2n) is 8.73. The van der Waals surface area contributed by atoms with Crippen LogP contribution in [0.1, 0.15) is 43.6 Å². The van der Waals surface area contributed by atoms with E-state index in [1.807, 2.05) is 6.92 Å². The monoisotopic (exact) mass is 492 g/mol. The molecule has 0 bridgehead atoms. The number of hydrogen-bond donors (Lipinski definition) is 2. The zero-order chi connectivity index (χ0) is 26.1. The molecule has 0 unspecified atom stereocenters. The van der Waals surface area contributed by atoms with Gasteiger partial charge in [-0.15, -0.1) is 0 Å². The fourth-order valence-electron chi connectivity index (χ4n) is 3.03. The summed E-state index contributed by atoms with van der Waals surface area (Å²) in [4.78, 5) is 30.1. The molecule has 0 spiro atoms. The Bertz CT molecular complexity index is 999. The van der Waals surface area contributed by atoms with Gasteiger partial charge in [-0.05, 0) is 69.7 Å². The van der Waals surface area contributed by atoms with E-state index in [9.17, 15) is 22.8 Å². The number of alkyl halides is 3. The summed E-state index contributed by atoms with van der Waals surface area (Å²) >= 11 is 0. The summed E-state index contributed by atoms with van der Waals surface area (Å²) in [6.45, 7) is 8.51. The number of anilines is 1. The molecule has 2 aromatic rings. The van der Waals surface area contributed by atoms with Crippen molar-refractivity contribution in [3.8, 4) is 0 Å². The second kappa shape index (κ2) is 12.2. The Balaban J connectivity index is 2.13. The summed E-state index contributed by atoms with van der Waals surface area (Å²) in [5.41, 5.74) is 1.55. The van der Waals surface area contributed by atoms with Gasteiger partial charge in [-0.3, -0.25) is 9.79 Å². The smallest absolute Gasteiger partial charge is 0.426 e. The standard InChI is InChI=1S/C25H31F3N4O3/c1-5-29-20-12-8-19(9-13-20)22(33)32(15-14-30-23(34)35-24(2,3)4)16-18-6-10-21(11-7-18)31-17-25(26,27)28/h6-13,17,29H,5,14-16H2,1-4H3,(H,30,34). The van der Waals surface area contributed by atoms with Crippen LogP contribution in [0.3, 0.4) is 0 Å². The normalized spacial score (nSPS) is 11.9. The van der Waals surface area contributed by atoms with Crippen LogP contribution in [0.15, 0.2) is 53.5 Å². The lowest BCUT2D eigenvalue weighted by molar-refractivity contribution is -0.0535. The van der Waals surface area contributed by atoms with Gasteiger partial charge in [0.2, 0.25) is 0 Å². The average Bonchev–Trinajstić information content (AvgIpc) is 2.76. The number of rotatable bonds is 9. The number of hydrogen-bond acceptors (Lipinski definition) is 5. The number of carbonyl (C=O) groups is 2. The minimum atomic E-state index is -4.49. The molecule has 0 aromatic heterocycles. The van der Waals surface area contributed by atoms with E-state index in [-0.39, 0.29) is 37.4 Å². The first-order valence-electron chi connectivity index (χ1n) is 11.2. The number of amides is 2. The minimum absolute atomic E-state index is 0.0722. The summed E-state index contributed by atoms with van der Waals surface area (Å²) < 4.78 is 42.2. The van der Waals surface area contributed by atoms with Crippen LogP contribution in [0, 0.1) is 0 Å². The van der Waals surface area contributed by atoms with Crippen LogP contribution in [0.4, 0.5) is 29.3 Å². The highest BCUT2D eigenvalue weighted by molar-refractivity contribution is 5.94. The van der Waals surface area contributed by atoms with E-state index in [0.717, 1.165) is 12.2 Å². The summed E-state index contributed by atoms with van der Waals surface area (Å²) in [6, 6.07) is 13.2. The lowest BCUT2D eigenvalue weighted by atomic mass is 10.1. The lowest BCUT2D eigenvalue weighted by Gasteiger charge is -2.24. The molecule has 10 heteroatoms. The maximum absolute atomic E-state index is 13.2. The number of carbonyl (C=O) groups excluding carboxylic acids is 2. The van der Waals surface area contributed by atoms with Crippen molar-refractivity contribution in [2.75, 3.05) is 25.0 Å². The van der Waals surface area contributed by atoms with Gasteiger partial charge in [0.05, 0.1) is 5.69 Å². The van der Waals surface area contributed by atoms with Crippen LogP contribution in [0.25, 0.3) is 0 Å². The molecule has 0 aliphatic heterocycles. The van der Waals surface area contributed by atoms with E-state index in [1.165, 1.54) is 12.1 Å². The van der Waals surface area contributed by atoms with Crippen molar-refractivity contribution in [2.24, 2.45) is 4.99 Å². The van der Waals surface area contributed by atoms with Crippen LogP contribution in [0.5, 0.6) is 0 Å². The Morgan fingerprint density at radius 1 is 1.03 bits per heavy atom. The minimum Gasteiger partial charge on any atom is -0.444 e. The number of halogens is 3.